The quantitative estimate of drug-likeness (QED) is 0.237. The van der Waals surface area contributed by atoms with Crippen LogP contribution in [0.5, 0.6) is 17.2 Å². The van der Waals surface area contributed by atoms with Gasteiger partial charge in [-0.1, -0.05) is 18.2 Å². The number of para-hydroxylation sites is 1. The highest BCUT2D eigenvalue weighted by Gasteiger charge is 2.23. The van der Waals surface area contributed by atoms with Gasteiger partial charge in [-0.15, -0.1) is 0 Å². The van der Waals surface area contributed by atoms with Gasteiger partial charge in [-0.05, 0) is 54.6 Å². The van der Waals surface area contributed by atoms with Crippen molar-refractivity contribution in [1.29, 1.82) is 0 Å². The summed E-state index contributed by atoms with van der Waals surface area (Å²) in [6, 6.07) is 17.8. The van der Waals surface area contributed by atoms with Crippen LogP contribution < -0.4 is 25.8 Å². The average molecular weight is 504 g/mol. The van der Waals surface area contributed by atoms with Gasteiger partial charge in [0.15, 0.2) is 5.82 Å². The topological polar surface area (TPSA) is 133 Å². The molecule has 0 spiro atoms. The summed E-state index contributed by atoms with van der Waals surface area (Å²) < 4.78 is 39.7. The molecule has 3 aromatic carbocycles. The molecule has 37 heavy (non-hydrogen) atoms. The van der Waals surface area contributed by atoms with Crippen LogP contribution in [0, 0.1) is 11.6 Å². The van der Waals surface area contributed by atoms with Crippen molar-refractivity contribution in [3.05, 3.63) is 108 Å². The lowest BCUT2D eigenvalue weighted by atomic mass is 10.1. The second kappa shape index (κ2) is 11.0. The number of amides is 3. The maximum Gasteiger partial charge on any atom is 0.349 e. The summed E-state index contributed by atoms with van der Waals surface area (Å²) in [7, 11) is 0. The Hall–Kier alpha value is -5.32. The number of halogens is 2. The van der Waals surface area contributed by atoms with Gasteiger partial charge in [0.1, 0.15) is 34.3 Å². The van der Waals surface area contributed by atoms with Crippen molar-refractivity contribution in [2.45, 2.75) is 0 Å². The Kier molecular flexibility index (Phi) is 7.34. The van der Waals surface area contributed by atoms with Crippen LogP contribution >= 0.6 is 0 Å². The number of rotatable bonds is 7. The molecule has 0 bridgehead atoms. The van der Waals surface area contributed by atoms with E-state index in [4.69, 9.17) is 15.2 Å². The number of nitrogens with one attached hydrogen (secondary N) is 2. The van der Waals surface area contributed by atoms with E-state index in [1.54, 1.807) is 18.2 Å². The van der Waals surface area contributed by atoms with E-state index >= 15 is 0 Å². The molecule has 9 nitrogen and oxygen atoms in total. The Morgan fingerprint density at radius 2 is 1.54 bits per heavy atom. The number of hydrogen-bond acceptors (Lipinski definition) is 6. The molecule has 4 N–H and O–H groups in total. The standard InChI is InChI=1S/C26H18F2N4O5/c27-19-10-11-20(23(28)22(19)25(34)37-16-4-2-1-3-5-16)32-26(35)31-15-6-8-17(9-7-15)36-18-12-13-30-21(14-18)24(29)33/h1-14H,(H2,29,33)(H2,31,32,35). The molecule has 0 saturated carbocycles. The molecule has 0 unspecified atom stereocenters. The van der Waals surface area contributed by atoms with Crippen molar-refractivity contribution in [2.75, 3.05) is 10.6 Å². The molecule has 0 fully saturated rings. The number of anilines is 2. The Balaban J connectivity index is 1.41. The largest absolute Gasteiger partial charge is 0.457 e. The highest BCUT2D eigenvalue weighted by Crippen LogP contribution is 2.25. The number of nitrogens with zero attached hydrogens (tertiary/aromatic N) is 1. The van der Waals surface area contributed by atoms with E-state index in [9.17, 15) is 23.2 Å². The number of aromatic nitrogens is 1. The fraction of sp³-hybridized carbons (Fsp3) is 0. The lowest BCUT2D eigenvalue weighted by Gasteiger charge is -2.12. The first-order valence-electron chi connectivity index (χ1n) is 10.7. The van der Waals surface area contributed by atoms with Gasteiger partial charge in [-0.25, -0.2) is 18.4 Å². The van der Waals surface area contributed by atoms with Crippen molar-refractivity contribution in [2.24, 2.45) is 5.73 Å². The summed E-state index contributed by atoms with van der Waals surface area (Å²) in [6.45, 7) is 0. The summed E-state index contributed by atoms with van der Waals surface area (Å²) >= 11 is 0. The van der Waals surface area contributed by atoms with Crippen LogP contribution in [0.25, 0.3) is 0 Å². The van der Waals surface area contributed by atoms with Crippen molar-refractivity contribution >= 4 is 29.3 Å². The van der Waals surface area contributed by atoms with Crippen molar-refractivity contribution < 1.29 is 32.6 Å². The first-order valence-corrected chi connectivity index (χ1v) is 10.7. The number of pyridine rings is 1. The third-order valence-electron chi connectivity index (χ3n) is 4.83. The SMILES string of the molecule is NC(=O)c1cc(Oc2ccc(NC(=O)Nc3ccc(F)c(C(=O)Oc4ccccc4)c3F)cc2)ccn1. The molecule has 1 heterocycles. The predicted octanol–water partition coefficient (Wildman–Crippen LogP) is 5.11. The Labute approximate surface area is 208 Å². The van der Waals surface area contributed by atoms with Gasteiger partial charge in [-0.2, -0.15) is 0 Å². The van der Waals surface area contributed by atoms with Gasteiger partial charge in [0.25, 0.3) is 5.91 Å². The van der Waals surface area contributed by atoms with E-state index in [2.05, 4.69) is 15.6 Å². The van der Waals surface area contributed by atoms with E-state index in [1.807, 2.05) is 0 Å². The predicted molar refractivity (Wildman–Crippen MR) is 130 cm³/mol. The fourth-order valence-corrected chi connectivity index (χ4v) is 3.12. The van der Waals surface area contributed by atoms with E-state index in [0.29, 0.717) is 17.2 Å². The van der Waals surface area contributed by atoms with E-state index < -0.39 is 40.8 Å². The fourth-order valence-electron chi connectivity index (χ4n) is 3.12. The van der Waals surface area contributed by atoms with Gasteiger partial charge < -0.3 is 25.8 Å². The van der Waals surface area contributed by atoms with Crippen LogP contribution in [0.15, 0.2) is 85.1 Å². The summed E-state index contributed by atoms with van der Waals surface area (Å²) in [5.74, 6) is -3.56. The van der Waals surface area contributed by atoms with E-state index in [-0.39, 0.29) is 11.4 Å². The number of esters is 1. The van der Waals surface area contributed by atoms with E-state index in [1.165, 1.54) is 54.7 Å². The highest BCUT2D eigenvalue weighted by atomic mass is 19.1. The number of primary amides is 1. The normalized spacial score (nSPS) is 10.3. The third kappa shape index (κ3) is 6.22. The van der Waals surface area contributed by atoms with Gasteiger partial charge in [-0.3, -0.25) is 9.78 Å². The van der Waals surface area contributed by atoms with Crippen LogP contribution in [0.3, 0.4) is 0 Å². The molecule has 0 radical (unpaired) electrons. The van der Waals surface area contributed by atoms with Crippen LogP contribution in [-0.2, 0) is 0 Å². The minimum Gasteiger partial charge on any atom is -0.457 e. The summed E-state index contributed by atoms with van der Waals surface area (Å²) in [6.07, 6.45) is 1.37. The molecule has 0 saturated heterocycles. The Morgan fingerprint density at radius 3 is 2.24 bits per heavy atom. The molecule has 0 aliphatic rings. The van der Waals surface area contributed by atoms with Gasteiger partial charge >= 0.3 is 12.0 Å². The van der Waals surface area contributed by atoms with Crippen LogP contribution in [-0.4, -0.2) is 22.9 Å². The average Bonchev–Trinajstić information content (AvgIpc) is 2.88. The van der Waals surface area contributed by atoms with Crippen molar-refractivity contribution in [3.8, 4) is 17.2 Å². The van der Waals surface area contributed by atoms with Crippen molar-refractivity contribution in [3.63, 3.8) is 0 Å². The molecule has 0 aliphatic heterocycles. The Morgan fingerprint density at radius 1 is 0.811 bits per heavy atom. The number of nitrogens with two attached hydrogens (primary N) is 1. The maximum atomic E-state index is 14.9. The monoisotopic (exact) mass is 504 g/mol. The molecule has 186 valence electrons. The number of carbonyl (C=O) groups excluding carboxylic acids is 3. The zero-order valence-electron chi connectivity index (χ0n) is 18.9. The lowest BCUT2D eigenvalue weighted by Crippen LogP contribution is -2.22. The Bertz CT molecular complexity index is 1460. The van der Waals surface area contributed by atoms with Gasteiger partial charge in [0.2, 0.25) is 0 Å². The summed E-state index contributed by atoms with van der Waals surface area (Å²) in [5.41, 5.74) is 4.19. The number of hydrogen-bond donors (Lipinski definition) is 3. The molecule has 11 heteroatoms. The minimum atomic E-state index is -1.28. The molecule has 1 aromatic heterocycles. The smallest absolute Gasteiger partial charge is 0.349 e. The molecule has 4 rings (SSSR count). The number of carbonyl (C=O) groups is 3. The minimum absolute atomic E-state index is 0.0389. The summed E-state index contributed by atoms with van der Waals surface area (Å²) in [4.78, 5) is 39.8. The van der Waals surface area contributed by atoms with E-state index in [0.717, 1.165) is 12.1 Å². The number of ether oxygens (including phenoxy) is 2. The highest BCUT2D eigenvalue weighted by molar-refractivity contribution is 6.01. The molecule has 3 amide bonds. The van der Waals surface area contributed by atoms with Gasteiger partial charge in [0, 0.05) is 18.0 Å². The zero-order valence-corrected chi connectivity index (χ0v) is 18.9. The second-order valence-electron chi connectivity index (χ2n) is 7.43. The van der Waals surface area contributed by atoms with Gasteiger partial charge in [0.05, 0.1) is 5.69 Å². The molecule has 4 aromatic rings. The third-order valence-corrected chi connectivity index (χ3v) is 4.83. The number of benzene rings is 3. The lowest BCUT2D eigenvalue weighted by molar-refractivity contribution is 0.0724. The first kappa shape index (κ1) is 24.8. The molecule has 0 aliphatic carbocycles. The summed E-state index contributed by atoms with van der Waals surface area (Å²) in [5, 5.41) is 4.72. The molecule has 0 atom stereocenters. The first-order chi connectivity index (χ1) is 17.8. The van der Waals surface area contributed by atoms with Crippen LogP contribution in [0.2, 0.25) is 0 Å². The molecular weight excluding hydrogens is 486 g/mol. The van der Waals surface area contributed by atoms with Crippen molar-refractivity contribution in [1.82, 2.24) is 4.98 Å². The van der Waals surface area contributed by atoms with Crippen LogP contribution in [0.4, 0.5) is 25.0 Å². The maximum absolute atomic E-state index is 14.9. The second-order valence-corrected chi connectivity index (χ2v) is 7.43. The molecular formula is C26H18F2N4O5. The van der Waals surface area contributed by atoms with Crippen LogP contribution in [0.1, 0.15) is 20.8 Å². The zero-order chi connectivity index (χ0) is 26.4. The number of urea groups is 1.